The average molecular weight is 629 g/mol. The number of nitrogens with one attached hydrogen (secondary N) is 1. The lowest BCUT2D eigenvalue weighted by molar-refractivity contribution is -0.659. The van der Waals surface area contributed by atoms with Crippen LogP contribution in [0.1, 0.15) is 51.9 Å². The van der Waals surface area contributed by atoms with E-state index in [0.717, 1.165) is 47.2 Å². The van der Waals surface area contributed by atoms with Gasteiger partial charge in [-0.3, -0.25) is 14.5 Å². The molecular weight excluding hydrogens is 603 g/mol. The minimum absolute atomic E-state index is 0.199. The van der Waals surface area contributed by atoms with E-state index in [0.29, 0.717) is 38.4 Å². The number of aromatic nitrogens is 6. The van der Waals surface area contributed by atoms with E-state index >= 15 is 0 Å². The SMILES string of the molecule is COc1cc([C@H](CC2CC2)n2cc(-c3sc(C(N)=O)cc3C)cn2)ncc1-c1cc(Cl)ccc1-[n+]1cc(C(F)(F)F)n[nH]1. The molecule has 0 bridgehead atoms. The van der Waals surface area contributed by atoms with Crippen molar-refractivity contribution in [3.05, 3.63) is 82.0 Å². The van der Waals surface area contributed by atoms with Gasteiger partial charge in [0.2, 0.25) is 0 Å². The molecule has 222 valence electrons. The summed E-state index contributed by atoms with van der Waals surface area (Å²) in [6.45, 7) is 1.93. The van der Waals surface area contributed by atoms with Gasteiger partial charge in [-0.15, -0.1) is 16.0 Å². The third kappa shape index (κ3) is 5.87. The highest BCUT2D eigenvalue weighted by Gasteiger charge is 2.41. The number of nitrogens with zero attached hydrogens (tertiary/aromatic N) is 5. The quantitative estimate of drug-likeness (QED) is 0.190. The zero-order chi connectivity index (χ0) is 30.5. The molecule has 0 spiro atoms. The molecule has 1 fully saturated rings. The maximum absolute atomic E-state index is 13.3. The summed E-state index contributed by atoms with van der Waals surface area (Å²) < 4.78 is 48.6. The number of thiophene rings is 1. The van der Waals surface area contributed by atoms with E-state index in [1.54, 1.807) is 36.7 Å². The number of hydrogen-bond acceptors (Lipinski definition) is 6. The Kier molecular flexibility index (Phi) is 7.46. The minimum Gasteiger partial charge on any atom is -0.496 e. The van der Waals surface area contributed by atoms with Crippen LogP contribution in [-0.4, -0.2) is 38.1 Å². The van der Waals surface area contributed by atoms with E-state index in [1.165, 1.54) is 23.1 Å². The van der Waals surface area contributed by atoms with Gasteiger partial charge in [0, 0.05) is 45.1 Å². The van der Waals surface area contributed by atoms with Crippen molar-refractivity contribution in [3.8, 4) is 33.0 Å². The average Bonchev–Trinajstić information content (AvgIpc) is 3.31. The number of primary amides is 1. The number of H-pyrrole nitrogens is 1. The lowest BCUT2D eigenvalue weighted by Crippen LogP contribution is -2.33. The van der Waals surface area contributed by atoms with Crippen molar-refractivity contribution in [1.29, 1.82) is 0 Å². The summed E-state index contributed by atoms with van der Waals surface area (Å²) in [6.07, 6.45) is 4.69. The number of aromatic amines is 1. The van der Waals surface area contributed by atoms with Gasteiger partial charge in [0.05, 0.1) is 35.0 Å². The van der Waals surface area contributed by atoms with E-state index in [2.05, 4.69) is 15.4 Å². The fourth-order valence-electron chi connectivity index (χ4n) is 5.04. The molecule has 3 N–H and O–H groups in total. The van der Waals surface area contributed by atoms with Gasteiger partial charge in [-0.1, -0.05) is 29.7 Å². The molecule has 1 aliphatic carbocycles. The fourth-order valence-corrected chi connectivity index (χ4v) is 6.21. The number of ether oxygens (including phenoxy) is 1. The summed E-state index contributed by atoms with van der Waals surface area (Å²) in [6, 6.07) is 8.23. The van der Waals surface area contributed by atoms with Gasteiger partial charge >= 0.3 is 11.9 Å². The van der Waals surface area contributed by atoms with Crippen LogP contribution in [0, 0.1) is 12.8 Å². The predicted molar refractivity (Wildman–Crippen MR) is 154 cm³/mol. The van der Waals surface area contributed by atoms with Crippen LogP contribution >= 0.6 is 22.9 Å². The molecule has 1 aromatic carbocycles. The maximum atomic E-state index is 13.3. The largest absolute Gasteiger partial charge is 0.496 e. The Bertz CT molecular complexity index is 1830. The van der Waals surface area contributed by atoms with Crippen LogP contribution in [0.2, 0.25) is 5.02 Å². The van der Waals surface area contributed by atoms with Crippen molar-refractivity contribution < 1.29 is 27.4 Å². The Morgan fingerprint density at radius 2 is 2.05 bits per heavy atom. The van der Waals surface area contributed by atoms with Gasteiger partial charge < -0.3 is 10.5 Å². The fraction of sp³-hybridized carbons (Fsp3) is 0.276. The first-order chi connectivity index (χ1) is 20.5. The Labute approximate surface area is 253 Å². The van der Waals surface area contributed by atoms with Gasteiger partial charge in [0.1, 0.15) is 5.75 Å². The Morgan fingerprint density at radius 1 is 1.26 bits per heavy atom. The molecular formula is C29H26ClF3N7O2S+. The van der Waals surface area contributed by atoms with E-state index < -0.39 is 17.8 Å². The maximum Gasteiger partial charge on any atom is 0.464 e. The monoisotopic (exact) mass is 628 g/mol. The number of carbonyl (C=O) groups is 1. The second-order valence-corrected chi connectivity index (χ2v) is 11.9. The van der Waals surface area contributed by atoms with E-state index in [4.69, 9.17) is 27.1 Å². The summed E-state index contributed by atoms with van der Waals surface area (Å²) in [5.74, 6) is 0.538. The Morgan fingerprint density at radius 3 is 2.70 bits per heavy atom. The number of alkyl halides is 3. The van der Waals surface area contributed by atoms with Crippen LogP contribution in [-0.2, 0) is 6.18 Å². The molecule has 1 aliphatic rings. The lowest BCUT2D eigenvalue weighted by atomic mass is 10.0. The molecule has 5 aromatic rings. The number of aryl methyl sites for hydroxylation is 1. The number of halogens is 4. The molecule has 0 radical (unpaired) electrons. The van der Waals surface area contributed by atoms with E-state index in [9.17, 15) is 18.0 Å². The third-order valence-corrected chi connectivity index (χ3v) is 8.91. The molecule has 6 rings (SSSR count). The topological polar surface area (TPSA) is 116 Å². The number of methoxy groups -OCH3 is 1. The van der Waals surface area contributed by atoms with Gasteiger partial charge in [0.25, 0.3) is 5.91 Å². The Hall–Kier alpha value is -4.23. The van der Waals surface area contributed by atoms with Crippen molar-refractivity contribution in [2.75, 3.05) is 7.11 Å². The van der Waals surface area contributed by atoms with Crippen molar-refractivity contribution in [2.24, 2.45) is 11.7 Å². The molecule has 0 aliphatic heterocycles. The number of carbonyl (C=O) groups excluding carboxylic acids is 1. The number of amides is 1. The molecule has 1 saturated carbocycles. The van der Waals surface area contributed by atoms with Gasteiger partial charge in [-0.2, -0.15) is 18.3 Å². The minimum atomic E-state index is -4.61. The highest BCUT2D eigenvalue weighted by molar-refractivity contribution is 7.17. The molecule has 4 heterocycles. The molecule has 14 heteroatoms. The smallest absolute Gasteiger partial charge is 0.464 e. The number of rotatable bonds is 9. The van der Waals surface area contributed by atoms with E-state index in [-0.39, 0.29) is 6.04 Å². The molecule has 9 nitrogen and oxygen atoms in total. The van der Waals surface area contributed by atoms with Crippen molar-refractivity contribution in [3.63, 3.8) is 0 Å². The molecule has 4 aromatic heterocycles. The lowest BCUT2D eigenvalue weighted by Gasteiger charge is -2.19. The van der Waals surface area contributed by atoms with Crippen molar-refractivity contribution >= 4 is 28.8 Å². The first-order valence-electron chi connectivity index (χ1n) is 13.3. The van der Waals surface area contributed by atoms with Gasteiger partial charge in [-0.05, 0) is 49.1 Å². The zero-order valence-corrected chi connectivity index (χ0v) is 24.6. The van der Waals surface area contributed by atoms with Gasteiger partial charge in [0.15, 0.2) is 11.9 Å². The highest BCUT2D eigenvalue weighted by atomic mass is 35.5. The molecule has 1 amide bonds. The zero-order valence-electron chi connectivity index (χ0n) is 23.0. The summed E-state index contributed by atoms with van der Waals surface area (Å²) in [5, 5.41) is 10.9. The molecule has 0 unspecified atom stereocenters. The summed E-state index contributed by atoms with van der Waals surface area (Å²) in [5.41, 5.74) is 8.39. The van der Waals surface area contributed by atoms with Gasteiger partial charge in [-0.25, -0.2) is 0 Å². The summed E-state index contributed by atoms with van der Waals surface area (Å²) >= 11 is 7.65. The van der Waals surface area contributed by atoms with Crippen LogP contribution in [0.25, 0.3) is 27.3 Å². The van der Waals surface area contributed by atoms with Crippen LogP contribution < -0.4 is 15.2 Å². The molecule has 0 saturated heterocycles. The van der Waals surface area contributed by atoms with Crippen LogP contribution in [0.5, 0.6) is 5.75 Å². The standard InChI is InChI=1S/C29H25ClF3N7O2S/c1-15-7-25(28(34)41)43-27(15)17-11-36-39(13-17)23(8-16-3-4-16)21-10-24(42-2)20(12-35-21)19-9-18(30)5-6-22(19)40-14-26(37-38-40)29(31,32)33/h5-7,9-14,16,23H,3-4,8H2,1-2H3,(H2,34,41)/p+1/t23-/m0/s1. The Balaban J connectivity index is 1.39. The van der Waals surface area contributed by atoms with Crippen LogP contribution in [0.4, 0.5) is 13.2 Å². The third-order valence-electron chi connectivity index (χ3n) is 7.37. The van der Waals surface area contributed by atoms with Crippen molar-refractivity contribution in [1.82, 2.24) is 25.1 Å². The normalized spacial score (nSPS) is 14.2. The number of pyridine rings is 1. The second kappa shape index (κ2) is 11.1. The van der Waals surface area contributed by atoms with E-state index in [1.807, 2.05) is 23.9 Å². The first-order valence-corrected chi connectivity index (χ1v) is 14.5. The number of benzene rings is 1. The highest BCUT2D eigenvalue weighted by Crippen LogP contribution is 2.42. The summed E-state index contributed by atoms with van der Waals surface area (Å²) in [4.78, 5) is 17.9. The molecule has 1 atom stereocenters. The number of nitrogens with two attached hydrogens (primary N) is 1. The number of hydrogen-bond donors (Lipinski definition) is 2. The summed E-state index contributed by atoms with van der Waals surface area (Å²) in [7, 11) is 1.52. The predicted octanol–water partition coefficient (Wildman–Crippen LogP) is 6.15. The second-order valence-electron chi connectivity index (χ2n) is 10.5. The van der Waals surface area contributed by atoms with Crippen LogP contribution in [0.15, 0.2) is 55.1 Å². The van der Waals surface area contributed by atoms with Crippen molar-refractivity contribution in [2.45, 2.75) is 38.4 Å². The molecule has 43 heavy (non-hydrogen) atoms. The first kappa shape index (κ1) is 28.9. The van der Waals surface area contributed by atoms with Crippen LogP contribution in [0.3, 0.4) is 0 Å².